The molecule has 0 unspecified atom stereocenters. The first-order valence-electron chi connectivity index (χ1n) is 7.64. The number of ether oxygens (including phenoxy) is 1. The Bertz CT molecular complexity index is 735. The van der Waals surface area contributed by atoms with Crippen LogP contribution in [0, 0.1) is 21.4 Å². The van der Waals surface area contributed by atoms with Gasteiger partial charge in [0.05, 0.1) is 11.0 Å². The lowest BCUT2D eigenvalue weighted by Gasteiger charge is -2.23. The Labute approximate surface area is 149 Å². The summed E-state index contributed by atoms with van der Waals surface area (Å²) in [6, 6.07) is 4.25. The predicted molar refractivity (Wildman–Crippen MR) is 90.2 cm³/mol. The third-order valence-electron chi connectivity index (χ3n) is 3.03. The summed E-state index contributed by atoms with van der Waals surface area (Å²) in [5, 5.41) is 33.7. The maximum absolute atomic E-state index is 12.2. The predicted octanol–water partition coefficient (Wildman–Crippen LogP) is 1.38. The average molecular weight is 364 g/mol. The number of benzene rings is 1. The van der Waals surface area contributed by atoms with Gasteiger partial charge in [-0.25, -0.2) is 4.79 Å². The molecule has 10 nitrogen and oxygen atoms in total. The van der Waals surface area contributed by atoms with E-state index in [9.17, 15) is 24.8 Å². The number of amides is 2. The highest BCUT2D eigenvalue weighted by Gasteiger charge is 2.25. The normalized spacial score (nSPS) is 11.8. The summed E-state index contributed by atoms with van der Waals surface area (Å²) in [6.45, 7) is 4.70. The van der Waals surface area contributed by atoms with Gasteiger partial charge in [-0.05, 0) is 32.4 Å². The molecule has 0 aliphatic rings. The van der Waals surface area contributed by atoms with Gasteiger partial charge < -0.3 is 20.5 Å². The topological polar surface area (TPSA) is 155 Å². The zero-order valence-electron chi connectivity index (χ0n) is 14.6. The van der Waals surface area contributed by atoms with Crippen molar-refractivity contribution in [1.29, 1.82) is 5.26 Å². The summed E-state index contributed by atoms with van der Waals surface area (Å²) >= 11 is 0. The Kier molecular flexibility index (Phi) is 6.89. The summed E-state index contributed by atoms with van der Waals surface area (Å²) < 4.78 is 5.10. The van der Waals surface area contributed by atoms with Gasteiger partial charge in [-0.15, -0.1) is 0 Å². The van der Waals surface area contributed by atoms with E-state index in [2.05, 4.69) is 10.6 Å². The molecule has 0 fully saturated rings. The molecule has 0 bridgehead atoms. The monoisotopic (exact) mass is 364 g/mol. The molecule has 0 spiro atoms. The van der Waals surface area contributed by atoms with E-state index in [1.807, 2.05) is 0 Å². The molecule has 0 aliphatic carbocycles. The highest BCUT2D eigenvalue weighted by atomic mass is 16.6. The van der Waals surface area contributed by atoms with Crippen LogP contribution in [0.5, 0.6) is 5.75 Å². The maximum Gasteiger partial charge on any atom is 0.408 e. The minimum Gasteiger partial charge on any atom is -0.502 e. The van der Waals surface area contributed by atoms with E-state index in [-0.39, 0.29) is 13.0 Å². The van der Waals surface area contributed by atoms with Gasteiger partial charge in [0.15, 0.2) is 5.75 Å². The number of phenolic OH excluding ortho intramolecular Hbond substituents is 1. The van der Waals surface area contributed by atoms with E-state index >= 15 is 0 Å². The van der Waals surface area contributed by atoms with Crippen molar-refractivity contribution in [3.8, 4) is 11.8 Å². The van der Waals surface area contributed by atoms with Crippen molar-refractivity contribution in [3.63, 3.8) is 0 Å². The largest absolute Gasteiger partial charge is 0.502 e. The first kappa shape index (κ1) is 20.7. The second kappa shape index (κ2) is 8.66. The van der Waals surface area contributed by atoms with Crippen LogP contribution in [-0.2, 0) is 16.0 Å². The van der Waals surface area contributed by atoms with Crippen LogP contribution < -0.4 is 10.6 Å². The number of phenols is 1. The fourth-order valence-electron chi connectivity index (χ4n) is 1.99. The van der Waals surface area contributed by atoms with Gasteiger partial charge in [0.2, 0.25) is 5.91 Å². The number of nitrogens with one attached hydrogen (secondary N) is 2. The molecule has 26 heavy (non-hydrogen) atoms. The van der Waals surface area contributed by atoms with Crippen molar-refractivity contribution in [2.45, 2.75) is 38.8 Å². The first-order chi connectivity index (χ1) is 12.0. The Balaban J connectivity index is 3.00. The van der Waals surface area contributed by atoms with Crippen LogP contribution in [0.2, 0.25) is 0 Å². The summed E-state index contributed by atoms with van der Waals surface area (Å²) in [5.41, 5.74) is -0.964. The zero-order valence-corrected chi connectivity index (χ0v) is 14.6. The standard InChI is InChI=1S/C16H20N4O6/c1-16(2,3)26-15(23)19-11(14(22)18-7-6-17)8-10-4-5-13(21)12(9-10)20(24)25/h4-5,9,11,21H,7-8H2,1-3H3,(H,18,22)(H,19,23)/t11-/m0/s1. The third-order valence-corrected chi connectivity index (χ3v) is 3.03. The minimum absolute atomic E-state index is 0.0996. The van der Waals surface area contributed by atoms with Gasteiger partial charge in [0, 0.05) is 12.5 Å². The van der Waals surface area contributed by atoms with E-state index < -0.39 is 40.0 Å². The average Bonchev–Trinajstić information content (AvgIpc) is 2.51. The van der Waals surface area contributed by atoms with E-state index in [0.29, 0.717) is 5.56 Å². The summed E-state index contributed by atoms with van der Waals surface area (Å²) in [4.78, 5) is 34.3. The number of hydrogen-bond donors (Lipinski definition) is 3. The van der Waals surface area contributed by atoms with Gasteiger partial charge in [-0.1, -0.05) is 6.07 Å². The van der Waals surface area contributed by atoms with Crippen LogP contribution in [0.25, 0.3) is 0 Å². The Morgan fingerprint density at radius 2 is 2.08 bits per heavy atom. The molecule has 0 saturated carbocycles. The minimum atomic E-state index is -1.12. The highest BCUT2D eigenvalue weighted by molar-refractivity contribution is 5.86. The van der Waals surface area contributed by atoms with Gasteiger partial charge in [-0.3, -0.25) is 14.9 Å². The molecule has 1 aromatic carbocycles. The van der Waals surface area contributed by atoms with Gasteiger partial charge in [-0.2, -0.15) is 5.26 Å². The van der Waals surface area contributed by atoms with E-state index in [1.165, 1.54) is 6.07 Å². The van der Waals surface area contributed by atoms with E-state index in [4.69, 9.17) is 10.00 Å². The molecule has 0 aliphatic heterocycles. The number of aromatic hydroxyl groups is 1. The molecule has 1 atom stereocenters. The molecule has 0 aromatic heterocycles. The molecule has 0 radical (unpaired) electrons. The molecule has 140 valence electrons. The lowest BCUT2D eigenvalue weighted by Crippen LogP contribution is -2.49. The number of nitro benzene ring substituents is 1. The Hall–Kier alpha value is -3.35. The third kappa shape index (κ3) is 6.64. The number of alkyl carbamates (subject to hydrolysis) is 1. The van der Waals surface area contributed by atoms with Crippen LogP contribution in [0.4, 0.5) is 10.5 Å². The number of hydrogen-bond acceptors (Lipinski definition) is 7. The van der Waals surface area contributed by atoms with Crippen molar-refractivity contribution in [2.24, 2.45) is 0 Å². The molecule has 0 saturated heterocycles. The van der Waals surface area contributed by atoms with E-state index in [1.54, 1.807) is 26.8 Å². The smallest absolute Gasteiger partial charge is 0.408 e. The van der Waals surface area contributed by atoms with Gasteiger partial charge in [0.1, 0.15) is 18.2 Å². The highest BCUT2D eigenvalue weighted by Crippen LogP contribution is 2.26. The van der Waals surface area contributed by atoms with Crippen molar-refractivity contribution in [1.82, 2.24) is 10.6 Å². The molecule has 3 N–H and O–H groups in total. The van der Waals surface area contributed by atoms with Crippen LogP contribution in [-0.4, -0.2) is 40.2 Å². The summed E-state index contributed by atoms with van der Waals surface area (Å²) in [6.07, 6.45) is -0.944. The fourth-order valence-corrected chi connectivity index (χ4v) is 1.99. The second-order valence-corrected chi connectivity index (χ2v) is 6.36. The number of carbonyl (C=O) groups is 2. The van der Waals surface area contributed by atoms with Gasteiger partial charge >= 0.3 is 11.8 Å². The number of nitriles is 1. The summed E-state index contributed by atoms with van der Waals surface area (Å²) in [5.74, 6) is -1.16. The van der Waals surface area contributed by atoms with Crippen LogP contribution in [0.1, 0.15) is 26.3 Å². The van der Waals surface area contributed by atoms with Crippen molar-refractivity contribution in [2.75, 3.05) is 6.54 Å². The molecular weight excluding hydrogens is 344 g/mol. The molecular formula is C16H20N4O6. The van der Waals surface area contributed by atoms with E-state index in [0.717, 1.165) is 12.1 Å². The van der Waals surface area contributed by atoms with Crippen LogP contribution in [0.15, 0.2) is 18.2 Å². The van der Waals surface area contributed by atoms with Crippen LogP contribution in [0.3, 0.4) is 0 Å². The SMILES string of the molecule is CC(C)(C)OC(=O)N[C@@H](Cc1ccc(O)c([N+](=O)[O-])c1)C(=O)NCC#N. The number of nitrogens with zero attached hydrogens (tertiary/aromatic N) is 2. The zero-order chi connectivity index (χ0) is 19.9. The summed E-state index contributed by atoms with van der Waals surface area (Å²) in [7, 11) is 0. The molecule has 2 amide bonds. The lowest BCUT2D eigenvalue weighted by atomic mass is 10.0. The maximum atomic E-state index is 12.2. The molecule has 1 aromatic rings. The van der Waals surface area contributed by atoms with Crippen molar-refractivity contribution < 1.29 is 24.4 Å². The second-order valence-electron chi connectivity index (χ2n) is 6.36. The van der Waals surface area contributed by atoms with Crippen molar-refractivity contribution in [3.05, 3.63) is 33.9 Å². The Morgan fingerprint density at radius 1 is 1.42 bits per heavy atom. The van der Waals surface area contributed by atoms with Crippen molar-refractivity contribution >= 4 is 17.7 Å². The Morgan fingerprint density at radius 3 is 2.62 bits per heavy atom. The number of nitro groups is 1. The first-order valence-corrected chi connectivity index (χ1v) is 7.64. The quantitative estimate of drug-likeness (QED) is 0.391. The van der Waals surface area contributed by atoms with Crippen LogP contribution >= 0.6 is 0 Å². The molecule has 1 rings (SSSR count). The number of rotatable bonds is 6. The molecule has 0 heterocycles. The van der Waals surface area contributed by atoms with Gasteiger partial charge in [0.25, 0.3) is 0 Å². The molecule has 10 heteroatoms. The fraction of sp³-hybridized carbons (Fsp3) is 0.438. The number of carbonyl (C=O) groups excluding carboxylic acids is 2. The lowest BCUT2D eigenvalue weighted by molar-refractivity contribution is -0.385.